The predicted octanol–water partition coefficient (Wildman–Crippen LogP) is 2.10. The van der Waals surface area contributed by atoms with E-state index in [4.69, 9.17) is 0 Å². The Hall–Kier alpha value is -1.49. The van der Waals surface area contributed by atoms with Crippen molar-refractivity contribution in [3.63, 3.8) is 0 Å². The summed E-state index contributed by atoms with van der Waals surface area (Å²) in [6.07, 6.45) is 1.93. The zero-order chi connectivity index (χ0) is 14.1. The van der Waals surface area contributed by atoms with E-state index >= 15 is 0 Å². The molecule has 0 saturated carbocycles. The van der Waals surface area contributed by atoms with E-state index in [1.165, 1.54) is 7.11 Å². The molecule has 0 N–H and O–H groups in total. The lowest BCUT2D eigenvalue weighted by atomic mass is 10.1. The maximum Gasteiger partial charge on any atom is 0.305 e. The third-order valence-electron chi connectivity index (χ3n) is 2.61. The molecule has 0 bridgehead atoms. The molecule has 1 unspecified atom stereocenters. The number of esters is 1. The quantitative estimate of drug-likeness (QED) is 0.541. The Bertz CT molecular complexity index is 442. The van der Waals surface area contributed by atoms with Crippen molar-refractivity contribution in [1.82, 2.24) is 0 Å². The van der Waals surface area contributed by atoms with Gasteiger partial charge in [0.15, 0.2) is 0 Å². The number of rotatable bonds is 8. The Kier molecular flexibility index (Phi) is 7.03. The third kappa shape index (κ3) is 6.29. The number of unbranched alkanes of at least 4 members (excludes halogenated alkanes) is 1. The van der Waals surface area contributed by atoms with E-state index in [1.54, 1.807) is 24.3 Å². The summed E-state index contributed by atoms with van der Waals surface area (Å²) >= 11 is 0. The van der Waals surface area contributed by atoms with Gasteiger partial charge in [-0.1, -0.05) is 18.2 Å². The number of carbonyl (C=O) groups is 2. The van der Waals surface area contributed by atoms with E-state index in [2.05, 4.69) is 4.74 Å². The smallest absolute Gasteiger partial charge is 0.305 e. The highest BCUT2D eigenvalue weighted by atomic mass is 32.2. The average molecular weight is 282 g/mol. The Morgan fingerprint density at radius 2 is 1.74 bits per heavy atom. The van der Waals surface area contributed by atoms with Gasteiger partial charge in [0.05, 0.1) is 23.7 Å². The number of hydrogen-bond acceptors (Lipinski definition) is 4. The standard InChI is InChI=1S/C14H18O4S/c1-18-14(16)10-6-5-7-12(15)11-19(17)13-8-3-2-4-9-13/h2-4,8-9H,5-7,10-11H2,1H3. The fourth-order valence-corrected chi connectivity index (χ4v) is 2.63. The first-order valence-corrected chi connectivity index (χ1v) is 7.47. The van der Waals surface area contributed by atoms with Gasteiger partial charge >= 0.3 is 5.97 Å². The van der Waals surface area contributed by atoms with Crippen molar-refractivity contribution in [2.24, 2.45) is 0 Å². The zero-order valence-electron chi connectivity index (χ0n) is 11.0. The lowest BCUT2D eigenvalue weighted by Crippen LogP contribution is -2.10. The van der Waals surface area contributed by atoms with Crippen molar-refractivity contribution < 1.29 is 18.5 Å². The van der Waals surface area contributed by atoms with E-state index in [9.17, 15) is 13.8 Å². The Morgan fingerprint density at radius 3 is 2.37 bits per heavy atom. The van der Waals surface area contributed by atoms with E-state index < -0.39 is 10.8 Å². The molecule has 1 atom stereocenters. The predicted molar refractivity (Wildman–Crippen MR) is 73.2 cm³/mol. The van der Waals surface area contributed by atoms with Gasteiger partial charge in [-0.15, -0.1) is 0 Å². The second-order valence-corrected chi connectivity index (χ2v) is 5.58. The molecular formula is C14H18O4S. The van der Waals surface area contributed by atoms with Crippen LogP contribution in [0.2, 0.25) is 0 Å². The summed E-state index contributed by atoms with van der Waals surface area (Å²) in [5, 5.41) is 0. The van der Waals surface area contributed by atoms with Crippen LogP contribution >= 0.6 is 0 Å². The molecule has 0 aromatic heterocycles. The second-order valence-electron chi connectivity index (χ2n) is 4.12. The largest absolute Gasteiger partial charge is 0.469 e. The van der Waals surface area contributed by atoms with E-state index in [1.807, 2.05) is 6.07 Å². The zero-order valence-corrected chi connectivity index (χ0v) is 11.8. The fraction of sp³-hybridized carbons (Fsp3) is 0.429. The summed E-state index contributed by atoms with van der Waals surface area (Å²) in [6, 6.07) is 8.94. The van der Waals surface area contributed by atoms with Crippen LogP contribution in [0.4, 0.5) is 0 Å². The van der Waals surface area contributed by atoms with E-state index in [0.717, 1.165) is 0 Å². The first kappa shape index (κ1) is 15.6. The molecule has 0 heterocycles. The van der Waals surface area contributed by atoms with Crippen molar-refractivity contribution in [3.05, 3.63) is 30.3 Å². The number of ether oxygens (including phenoxy) is 1. The summed E-state index contributed by atoms with van der Waals surface area (Å²) in [6.45, 7) is 0. The summed E-state index contributed by atoms with van der Waals surface area (Å²) in [7, 11) is 0.0733. The number of methoxy groups -OCH3 is 1. The first-order valence-electron chi connectivity index (χ1n) is 6.15. The minimum Gasteiger partial charge on any atom is -0.469 e. The number of hydrogen-bond donors (Lipinski definition) is 0. The third-order valence-corrected chi connectivity index (χ3v) is 3.99. The molecule has 0 saturated heterocycles. The fourth-order valence-electron chi connectivity index (χ4n) is 1.57. The normalized spacial score (nSPS) is 11.8. The summed E-state index contributed by atoms with van der Waals surface area (Å²) < 4.78 is 16.4. The Balaban J connectivity index is 2.24. The van der Waals surface area contributed by atoms with Crippen LogP contribution in [0.25, 0.3) is 0 Å². The van der Waals surface area contributed by atoms with Gasteiger partial charge in [0, 0.05) is 17.7 Å². The minimum atomic E-state index is -1.27. The molecule has 104 valence electrons. The van der Waals surface area contributed by atoms with Crippen molar-refractivity contribution in [2.75, 3.05) is 12.9 Å². The van der Waals surface area contributed by atoms with Crippen LogP contribution in [-0.2, 0) is 25.1 Å². The molecule has 0 aliphatic heterocycles. The maximum atomic E-state index is 11.9. The summed E-state index contributed by atoms with van der Waals surface area (Å²) in [5.41, 5.74) is 0. The van der Waals surface area contributed by atoms with Crippen LogP contribution in [0.3, 0.4) is 0 Å². The molecule has 1 aromatic rings. The molecule has 0 radical (unpaired) electrons. The highest BCUT2D eigenvalue weighted by molar-refractivity contribution is 7.85. The molecule has 5 heteroatoms. The van der Waals surface area contributed by atoms with Gasteiger partial charge in [-0.25, -0.2) is 0 Å². The Labute approximate surface area is 115 Å². The van der Waals surface area contributed by atoms with E-state index in [0.29, 0.717) is 30.6 Å². The van der Waals surface area contributed by atoms with Crippen LogP contribution < -0.4 is 0 Å². The lowest BCUT2D eigenvalue weighted by Gasteiger charge is -2.02. The van der Waals surface area contributed by atoms with Gasteiger partial charge in [-0.3, -0.25) is 13.8 Å². The number of Topliss-reactive ketones (excluding diaryl/α,β-unsaturated/α-hetero) is 1. The van der Waals surface area contributed by atoms with Gasteiger partial charge in [0.25, 0.3) is 0 Å². The molecule has 4 nitrogen and oxygen atoms in total. The first-order chi connectivity index (χ1) is 9.13. The molecule has 1 aromatic carbocycles. The van der Waals surface area contributed by atoms with Crippen molar-refractivity contribution in [2.45, 2.75) is 30.6 Å². The lowest BCUT2D eigenvalue weighted by molar-refractivity contribution is -0.140. The van der Waals surface area contributed by atoms with Crippen LogP contribution in [0.1, 0.15) is 25.7 Å². The SMILES string of the molecule is COC(=O)CCCCC(=O)CS(=O)c1ccccc1. The molecule has 0 spiro atoms. The monoisotopic (exact) mass is 282 g/mol. The van der Waals surface area contributed by atoms with Crippen molar-refractivity contribution >= 4 is 22.6 Å². The second kappa shape index (κ2) is 8.58. The van der Waals surface area contributed by atoms with Crippen molar-refractivity contribution in [1.29, 1.82) is 0 Å². The van der Waals surface area contributed by atoms with Crippen LogP contribution in [0, 0.1) is 0 Å². The number of carbonyl (C=O) groups excluding carboxylic acids is 2. The summed E-state index contributed by atoms with van der Waals surface area (Å²) in [5.74, 6) is -0.255. The molecule has 0 aliphatic rings. The van der Waals surface area contributed by atoms with Crippen LogP contribution in [0.5, 0.6) is 0 Å². The van der Waals surface area contributed by atoms with Gasteiger partial charge in [0.2, 0.25) is 0 Å². The number of ketones is 1. The molecule has 1 rings (SSSR count). The molecule has 0 amide bonds. The van der Waals surface area contributed by atoms with Crippen LogP contribution in [0.15, 0.2) is 35.2 Å². The van der Waals surface area contributed by atoms with E-state index in [-0.39, 0.29) is 17.5 Å². The molecule has 0 aliphatic carbocycles. The molecule has 19 heavy (non-hydrogen) atoms. The van der Waals surface area contributed by atoms with Gasteiger partial charge in [-0.05, 0) is 25.0 Å². The highest BCUT2D eigenvalue weighted by Gasteiger charge is 2.10. The number of benzene rings is 1. The average Bonchev–Trinajstić information content (AvgIpc) is 2.44. The summed E-state index contributed by atoms with van der Waals surface area (Å²) in [4.78, 5) is 23.2. The molecule has 0 fully saturated rings. The topological polar surface area (TPSA) is 60.4 Å². The molecular weight excluding hydrogens is 264 g/mol. The maximum absolute atomic E-state index is 11.9. The van der Waals surface area contributed by atoms with Gasteiger partial charge < -0.3 is 4.74 Å². The van der Waals surface area contributed by atoms with Crippen molar-refractivity contribution in [3.8, 4) is 0 Å². The van der Waals surface area contributed by atoms with Gasteiger partial charge in [0.1, 0.15) is 5.78 Å². The highest BCUT2D eigenvalue weighted by Crippen LogP contribution is 2.08. The van der Waals surface area contributed by atoms with Crippen LogP contribution in [-0.4, -0.2) is 28.8 Å². The van der Waals surface area contributed by atoms with Gasteiger partial charge in [-0.2, -0.15) is 0 Å². The minimum absolute atomic E-state index is 0.0351. The Morgan fingerprint density at radius 1 is 1.11 bits per heavy atom.